The van der Waals surface area contributed by atoms with Crippen LogP contribution in [0.1, 0.15) is 16.5 Å². The predicted octanol–water partition coefficient (Wildman–Crippen LogP) is 2.84. The summed E-state index contributed by atoms with van der Waals surface area (Å²) in [5, 5.41) is 12.0. The van der Waals surface area contributed by atoms with E-state index in [9.17, 15) is 5.11 Å². The van der Waals surface area contributed by atoms with Gasteiger partial charge in [-0.15, -0.1) is 11.3 Å². The first-order valence-corrected chi connectivity index (χ1v) is 5.54. The van der Waals surface area contributed by atoms with Crippen LogP contribution < -0.4 is 4.74 Å². The topological polar surface area (TPSA) is 29.5 Å². The minimum atomic E-state index is -0.532. The fourth-order valence-corrected chi connectivity index (χ4v) is 2.13. The van der Waals surface area contributed by atoms with Crippen LogP contribution in [-0.2, 0) is 0 Å². The monoisotopic (exact) mass is 220 g/mol. The minimum Gasteiger partial charge on any atom is -0.497 e. The lowest BCUT2D eigenvalue weighted by Crippen LogP contribution is -1.96. The second-order valence-corrected chi connectivity index (χ2v) is 4.17. The van der Waals surface area contributed by atoms with Gasteiger partial charge in [-0.25, -0.2) is 0 Å². The molecule has 0 aliphatic rings. The Morgan fingerprint density at radius 1 is 1.20 bits per heavy atom. The Balaban J connectivity index is 2.22. The van der Waals surface area contributed by atoms with E-state index in [0.29, 0.717) is 0 Å². The second-order valence-electron chi connectivity index (χ2n) is 3.19. The zero-order valence-corrected chi connectivity index (χ0v) is 9.20. The zero-order chi connectivity index (χ0) is 10.7. The van der Waals surface area contributed by atoms with Crippen molar-refractivity contribution in [1.82, 2.24) is 0 Å². The van der Waals surface area contributed by atoms with Gasteiger partial charge in [0.15, 0.2) is 0 Å². The van der Waals surface area contributed by atoms with Gasteiger partial charge in [0, 0.05) is 4.88 Å². The molecule has 1 unspecified atom stereocenters. The third kappa shape index (κ3) is 2.19. The molecule has 0 fully saturated rings. The zero-order valence-electron chi connectivity index (χ0n) is 8.38. The first-order chi connectivity index (χ1) is 7.31. The molecule has 15 heavy (non-hydrogen) atoms. The highest BCUT2D eigenvalue weighted by molar-refractivity contribution is 7.10. The molecule has 1 N–H and O–H groups in total. The number of ether oxygens (including phenoxy) is 1. The van der Waals surface area contributed by atoms with E-state index in [4.69, 9.17) is 4.74 Å². The fourth-order valence-electron chi connectivity index (χ4n) is 1.40. The fraction of sp³-hybridized carbons (Fsp3) is 0.167. The lowest BCUT2D eigenvalue weighted by molar-refractivity contribution is 0.224. The van der Waals surface area contributed by atoms with Gasteiger partial charge in [-0.05, 0) is 29.1 Å². The summed E-state index contributed by atoms with van der Waals surface area (Å²) in [4.78, 5) is 0.958. The van der Waals surface area contributed by atoms with Crippen LogP contribution in [0.5, 0.6) is 5.75 Å². The summed E-state index contributed by atoms with van der Waals surface area (Å²) in [5.41, 5.74) is 0.887. The van der Waals surface area contributed by atoms with Crippen molar-refractivity contribution < 1.29 is 9.84 Å². The summed E-state index contributed by atoms with van der Waals surface area (Å²) in [6.07, 6.45) is -0.532. The van der Waals surface area contributed by atoms with Gasteiger partial charge < -0.3 is 9.84 Å². The van der Waals surface area contributed by atoms with E-state index in [0.717, 1.165) is 16.2 Å². The molecule has 0 bridgehead atoms. The normalized spacial score (nSPS) is 12.4. The van der Waals surface area contributed by atoms with E-state index in [2.05, 4.69) is 0 Å². The Hall–Kier alpha value is -1.32. The number of aliphatic hydroxyl groups is 1. The number of hydrogen-bond acceptors (Lipinski definition) is 3. The van der Waals surface area contributed by atoms with Gasteiger partial charge in [0.1, 0.15) is 11.9 Å². The molecule has 0 radical (unpaired) electrons. The van der Waals surface area contributed by atoms with E-state index < -0.39 is 6.10 Å². The molecule has 2 rings (SSSR count). The highest BCUT2D eigenvalue weighted by Gasteiger charge is 2.10. The number of methoxy groups -OCH3 is 1. The lowest BCUT2D eigenvalue weighted by atomic mass is 10.1. The SMILES string of the molecule is COc1ccc(C(O)c2cccs2)cc1. The number of thiophene rings is 1. The smallest absolute Gasteiger partial charge is 0.118 e. The largest absolute Gasteiger partial charge is 0.497 e. The van der Waals surface area contributed by atoms with Crippen LogP contribution in [-0.4, -0.2) is 12.2 Å². The van der Waals surface area contributed by atoms with Crippen LogP contribution in [0.15, 0.2) is 41.8 Å². The molecule has 78 valence electrons. The van der Waals surface area contributed by atoms with E-state index >= 15 is 0 Å². The summed E-state index contributed by atoms with van der Waals surface area (Å²) in [5.74, 6) is 0.803. The van der Waals surface area contributed by atoms with Gasteiger partial charge in [0.25, 0.3) is 0 Å². The van der Waals surface area contributed by atoms with Gasteiger partial charge in [-0.3, -0.25) is 0 Å². The van der Waals surface area contributed by atoms with Crippen LogP contribution in [0, 0.1) is 0 Å². The van der Waals surface area contributed by atoms with Crippen LogP contribution in [0.25, 0.3) is 0 Å². The highest BCUT2D eigenvalue weighted by Crippen LogP contribution is 2.26. The molecule has 0 amide bonds. The molecule has 1 atom stereocenters. The van der Waals surface area contributed by atoms with Crippen molar-refractivity contribution in [3.05, 3.63) is 52.2 Å². The molecule has 1 aromatic carbocycles. The standard InChI is InChI=1S/C12H12O2S/c1-14-10-6-4-9(5-7-10)12(13)11-3-2-8-15-11/h2-8,12-13H,1H3. The first kappa shape index (κ1) is 10.2. The van der Waals surface area contributed by atoms with Gasteiger partial charge >= 0.3 is 0 Å². The molecule has 2 nitrogen and oxygen atoms in total. The molecule has 0 saturated heterocycles. The Bertz CT molecular complexity index is 406. The number of rotatable bonds is 3. The first-order valence-electron chi connectivity index (χ1n) is 4.66. The Morgan fingerprint density at radius 2 is 1.93 bits per heavy atom. The average molecular weight is 220 g/mol. The van der Waals surface area contributed by atoms with Crippen molar-refractivity contribution >= 4 is 11.3 Å². The maximum Gasteiger partial charge on any atom is 0.118 e. The van der Waals surface area contributed by atoms with Gasteiger partial charge in [0.2, 0.25) is 0 Å². The summed E-state index contributed by atoms with van der Waals surface area (Å²) < 4.78 is 5.06. The third-order valence-corrected chi connectivity index (χ3v) is 3.17. The molecule has 0 aliphatic carbocycles. The molecular formula is C12H12O2S. The quantitative estimate of drug-likeness (QED) is 0.861. The van der Waals surface area contributed by atoms with Crippen molar-refractivity contribution in [2.24, 2.45) is 0 Å². The minimum absolute atomic E-state index is 0.532. The van der Waals surface area contributed by atoms with Gasteiger partial charge in [-0.1, -0.05) is 18.2 Å². The second kappa shape index (κ2) is 4.47. The Labute approximate surface area is 92.8 Å². The molecule has 3 heteroatoms. The van der Waals surface area contributed by atoms with E-state index in [-0.39, 0.29) is 0 Å². The maximum absolute atomic E-state index is 10.0. The summed E-state index contributed by atoms with van der Waals surface area (Å²) in [6, 6.07) is 11.3. The third-order valence-electron chi connectivity index (χ3n) is 2.24. The van der Waals surface area contributed by atoms with Crippen molar-refractivity contribution in [2.45, 2.75) is 6.10 Å². The van der Waals surface area contributed by atoms with Crippen molar-refractivity contribution in [1.29, 1.82) is 0 Å². The average Bonchev–Trinajstić information content (AvgIpc) is 2.82. The van der Waals surface area contributed by atoms with Crippen molar-refractivity contribution in [3.8, 4) is 5.75 Å². The highest BCUT2D eigenvalue weighted by atomic mass is 32.1. The van der Waals surface area contributed by atoms with E-state index in [1.165, 1.54) is 0 Å². The van der Waals surface area contributed by atoms with Crippen LogP contribution in [0.2, 0.25) is 0 Å². The predicted molar refractivity (Wildman–Crippen MR) is 61.4 cm³/mol. The van der Waals surface area contributed by atoms with Crippen LogP contribution in [0.3, 0.4) is 0 Å². The number of aliphatic hydroxyl groups excluding tert-OH is 1. The maximum atomic E-state index is 10.0. The summed E-state index contributed by atoms with van der Waals surface area (Å²) >= 11 is 1.55. The molecule has 1 aromatic heterocycles. The number of hydrogen-bond donors (Lipinski definition) is 1. The van der Waals surface area contributed by atoms with Crippen LogP contribution >= 0.6 is 11.3 Å². The summed E-state index contributed by atoms with van der Waals surface area (Å²) in [7, 11) is 1.63. The van der Waals surface area contributed by atoms with Crippen molar-refractivity contribution in [2.75, 3.05) is 7.11 Å². The van der Waals surface area contributed by atoms with E-state index in [1.807, 2.05) is 41.8 Å². The summed E-state index contributed by atoms with van der Waals surface area (Å²) in [6.45, 7) is 0. The molecular weight excluding hydrogens is 208 g/mol. The van der Waals surface area contributed by atoms with Crippen LogP contribution in [0.4, 0.5) is 0 Å². The molecule has 0 spiro atoms. The lowest BCUT2D eigenvalue weighted by Gasteiger charge is -2.09. The van der Waals surface area contributed by atoms with E-state index in [1.54, 1.807) is 18.4 Å². The molecule has 2 aromatic rings. The Kier molecular flexibility index (Phi) is 3.04. The molecule has 0 saturated carbocycles. The molecule has 0 aliphatic heterocycles. The van der Waals surface area contributed by atoms with Gasteiger partial charge in [-0.2, -0.15) is 0 Å². The van der Waals surface area contributed by atoms with Crippen molar-refractivity contribution in [3.63, 3.8) is 0 Å². The van der Waals surface area contributed by atoms with Gasteiger partial charge in [0.05, 0.1) is 7.11 Å². The Morgan fingerprint density at radius 3 is 2.47 bits per heavy atom. The number of benzene rings is 1. The molecule has 1 heterocycles.